The lowest BCUT2D eigenvalue weighted by atomic mass is 9.69. The number of rotatable bonds is 1. The molecule has 0 bridgehead atoms. The molecule has 88 valence electrons. The summed E-state index contributed by atoms with van der Waals surface area (Å²) in [4.78, 5) is 15.6. The first-order valence-electron chi connectivity index (χ1n) is 5.53. The van der Waals surface area contributed by atoms with E-state index in [4.69, 9.17) is 0 Å². The first-order valence-corrected chi connectivity index (χ1v) is 5.53. The number of hydrogen-bond donors (Lipinski definition) is 2. The second kappa shape index (κ2) is 4.14. The first kappa shape index (κ1) is 10.8. The Bertz CT molecular complexity index is 620. The molecule has 0 radical (unpaired) electrons. The highest BCUT2D eigenvalue weighted by atomic mass is 19.1. The molecule has 0 fully saturated rings. The highest BCUT2D eigenvalue weighted by Crippen LogP contribution is 2.17. The molecular formula is C12H9BFN3O. The van der Waals surface area contributed by atoms with E-state index in [1.165, 1.54) is 6.07 Å². The highest BCUT2D eigenvalue weighted by Gasteiger charge is 2.30. The zero-order valence-electron chi connectivity index (χ0n) is 9.35. The van der Waals surface area contributed by atoms with Crippen LogP contribution in [0.5, 0.6) is 0 Å². The fourth-order valence-corrected chi connectivity index (χ4v) is 1.94. The number of fused-ring (bicyclic) bond motifs is 1. The summed E-state index contributed by atoms with van der Waals surface area (Å²) in [6, 6.07) is 11.7. The number of pyridine rings is 1. The number of anilines is 1. The Balaban J connectivity index is 1.97. The number of para-hydroxylation sites is 1. The van der Waals surface area contributed by atoms with Gasteiger partial charge < -0.3 is 10.5 Å². The van der Waals surface area contributed by atoms with Crippen molar-refractivity contribution in [3.05, 3.63) is 54.0 Å². The molecule has 1 aromatic heterocycles. The predicted molar refractivity (Wildman–Crippen MR) is 67.1 cm³/mol. The molecule has 1 aromatic carbocycles. The van der Waals surface area contributed by atoms with Crippen LogP contribution in [-0.2, 0) is 0 Å². The molecule has 4 nitrogen and oxygen atoms in total. The minimum Gasteiger partial charge on any atom is -0.404 e. The average molecular weight is 241 g/mol. The standard InChI is InChI=1S/C12H9BFN3O/c14-11-7-3-6-10(15-11)13-16-9-5-2-1-4-8(9)12(18)17-13/h1-7,16H,(H,17,18). The van der Waals surface area contributed by atoms with E-state index in [2.05, 4.69) is 15.4 Å². The summed E-state index contributed by atoms with van der Waals surface area (Å²) in [6.45, 7) is -0.511. The molecule has 0 unspecified atom stereocenters. The van der Waals surface area contributed by atoms with Gasteiger partial charge in [-0.15, -0.1) is 0 Å². The van der Waals surface area contributed by atoms with Gasteiger partial charge in [0, 0.05) is 5.69 Å². The molecule has 2 heterocycles. The largest absolute Gasteiger partial charge is 0.428 e. The molecule has 18 heavy (non-hydrogen) atoms. The van der Waals surface area contributed by atoms with Gasteiger partial charge in [0.1, 0.15) is 0 Å². The van der Waals surface area contributed by atoms with Crippen LogP contribution in [0.4, 0.5) is 10.1 Å². The number of carbonyl (C=O) groups is 1. The Hall–Kier alpha value is -2.37. The van der Waals surface area contributed by atoms with Crippen LogP contribution >= 0.6 is 0 Å². The second-order valence-electron chi connectivity index (χ2n) is 3.98. The molecule has 0 spiro atoms. The van der Waals surface area contributed by atoms with E-state index < -0.39 is 12.9 Å². The van der Waals surface area contributed by atoms with Gasteiger partial charge >= 0.3 is 6.98 Å². The molecule has 1 aliphatic rings. The number of nitrogens with zero attached hydrogens (tertiary/aromatic N) is 1. The maximum Gasteiger partial charge on any atom is 0.428 e. The summed E-state index contributed by atoms with van der Waals surface area (Å²) in [5.41, 5.74) is 1.74. The van der Waals surface area contributed by atoms with Crippen molar-refractivity contribution in [1.82, 2.24) is 10.2 Å². The van der Waals surface area contributed by atoms with Crippen LogP contribution < -0.4 is 16.0 Å². The maximum absolute atomic E-state index is 13.1. The molecule has 2 N–H and O–H groups in total. The summed E-state index contributed by atoms with van der Waals surface area (Å²) in [7, 11) is 0. The van der Waals surface area contributed by atoms with Gasteiger partial charge in [-0.05, 0) is 24.3 Å². The highest BCUT2D eigenvalue weighted by molar-refractivity contribution is 6.76. The van der Waals surface area contributed by atoms with Crippen LogP contribution in [0.25, 0.3) is 0 Å². The number of nitrogens with one attached hydrogen (secondary N) is 2. The van der Waals surface area contributed by atoms with Gasteiger partial charge in [-0.25, -0.2) is 4.98 Å². The molecule has 0 saturated heterocycles. The summed E-state index contributed by atoms with van der Waals surface area (Å²) in [5.74, 6) is -0.761. The maximum atomic E-state index is 13.1. The second-order valence-corrected chi connectivity index (χ2v) is 3.98. The van der Waals surface area contributed by atoms with E-state index in [0.717, 1.165) is 5.69 Å². The van der Waals surface area contributed by atoms with Crippen LogP contribution in [0.2, 0.25) is 0 Å². The summed E-state index contributed by atoms with van der Waals surface area (Å²) >= 11 is 0. The minimum atomic E-state index is -0.567. The molecule has 0 aliphatic carbocycles. The topological polar surface area (TPSA) is 54.0 Å². The van der Waals surface area contributed by atoms with Crippen LogP contribution in [0.3, 0.4) is 0 Å². The zero-order chi connectivity index (χ0) is 12.5. The number of carbonyl (C=O) groups excluding carboxylic acids is 1. The number of amides is 1. The normalized spacial score (nSPS) is 13.6. The van der Waals surface area contributed by atoms with E-state index in [0.29, 0.717) is 11.2 Å². The van der Waals surface area contributed by atoms with Gasteiger partial charge in [0.25, 0.3) is 0 Å². The first-order chi connectivity index (χ1) is 8.74. The number of hydrogen-bond acceptors (Lipinski definition) is 3. The number of aromatic nitrogens is 1. The van der Waals surface area contributed by atoms with Gasteiger partial charge in [0.05, 0.1) is 11.2 Å². The third kappa shape index (κ3) is 1.81. The Kier molecular flexibility index (Phi) is 2.48. The van der Waals surface area contributed by atoms with Crippen molar-refractivity contribution in [3.63, 3.8) is 0 Å². The SMILES string of the molecule is O=C1NB(c2cccc(F)n2)Nc2ccccc21. The van der Waals surface area contributed by atoms with Crippen molar-refractivity contribution < 1.29 is 9.18 Å². The molecule has 0 atom stereocenters. The molecule has 1 amide bonds. The average Bonchev–Trinajstić information content (AvgIpc) is 2.39. The molecule has 2 aromatic rings. The lowest BCUT2D eigenvalue weighted by Gasteiger charge is -2.24. The fraction of sp³-hybridized carbons (Fsp3) is 0. The number of benzene rings is 1. The van der Waals surface area contributed by atoms with E-state index in [1.54, 1.807) is 30.3 Å². The Morgan fingerprint density at radius 2 is 1.89 bits per heavy atom. The van der Waals surface area contributed by atoms with Crippen LogP contribution in [0.15, 0.2) is 42.5 Å². The van der Waals surface area contributed by atoms with E-state index in [-0.39, 0.29) is 5.91 Å². The summed E-state index contributed by atoms with van der Waals surface area (Å²) < 4.78 is 13.1. The molecular weight excluding hydrogens is 232 g/mol. The van der Waals surface area contributed by atoms with Gasteiger partial charge in [0.2, 0.25) is 11.9 Å². The Morgan fingerprint density at radius 3 is 2.72 bits per heavy atom. The van der Waals surface area contributed by atoms with Crippen molar-refractivity contribution in [3.8, 4) is 0 Å². The third-order valence-electron chi connectivity index (χ3n) is 2.78. The number of halogens is 1. The van der Waals surface area contributed by atoms with Crippen molar-refractivity contribution in [2.24, 2.45) is 0 Å². The van der Waals surface area contributed by atoms with Crippen LogP contribution in [0.1, 0.15) is 10.4 Å². The van der Waals surface area contributed by atoms with Gasteiger partial charge in [0.15, 0.2) is 0 Å². The lowest BCUT2D eigenvalue weighted by molar-refractivity contribution is 0.0979. The van der Waals surface area contributed by atoms with Crippen molar-refractivity contribution >= 4 is 24.2 Å². The third-order valence-corrected chi connectivity index (χ3v) is 2.78. The molecule has 6 heteroatoms. The van der Waals surface area contributed by atoms with Crippen molar-refractivity contribution in [2.45, 2.75) is 0 Å². The fourth-order valence-electron chi connectivity index (χ4n) is 1.94. The summed E-state index contributed by atoms with van der Waals surface area (Å²) in [5, 5.41) is 5.85. The smallest absolute Gasteiger partial charge is 0.404 e. The van der Waals surface area contributed by atoms with Gasteiger partial charge in [-0.3, -0.25) is 4.79 Å². The monoisotopic (exact) mass is 241 g/mol. The van der Waals surface area contributed by atoms with E-state index in [9.17, 15) is 9.18 Å². The predicted octanol–water partition coefficient (Wildman–Crippen LogP) is 0.771. The van der Waals surface area contributed by atoms with Gasteiger partial charge in [-0.1, -0.05) is 18.2 Å². The Morgan fingerprint density at radius 1 is 1.06 bits per heavy atom. The molecule has 3 rings (SSSR count). The van der Waals surface area contributed by atoms with E-state index >= 15 is 0 Å². The lowest BCUT2D eigenvalue weighted by Crippen LogP contribution is -2.58. The zero-order valence-corrected chi connectivity index (χ0v) is 9.35. The van der Waals surface area contributed by atoms with Gasteiger partial charge in [-0.2, -0.15) is 4.39 Å². The van der Waals surface area contributed by atoms with Crippen LogP contribution in [-0.4, -0.2) is 17.9 Å². The minimum absolute atomic E-state index is 0.194. The van der Waals surface area contributed by atoms with E-state index in [1.807, 2.05) is 6.07 Å². The Labute approximate surface area is 103 Å². The van der Waals surface area contributed by atoms with Crippen molar-refractivity contribution in [1.29, 1.82) is 0 Å². The summed E-state index contributed by atoms with van der Waals surface area (Å²) in [6.07, 6.45) is 0. The molecule has 1 aliphatic heterocycles. The quantitative estimate of drug-likeness (QED) is 0.572. The van der Waals surface area contributed by atoms with Crippen LogP contribution in [0, 0.1) is 5.95 Å². The molecule has 0 saturated carbocycles. The van der Waals surface area contributed by atoms with Crippen molar-refractivity contribution in [2.75, 3.05) is 5.23 Å².